The number of aromatic nitrogens is 2. The van der Waals surface area contributed by atoms with Gasteiger partial charge in [0.2, 0.25) is 11.8 Å². The third kappa shape index (κ3) is 6.54. The maximum atomic E-state index is 12.8. The topological polar surface area (TPSA) is 118 Å². The van der Waals surface area contributed by atoms with E-state index in [9.17, 15) is 19.2 Å². The number of imidazole rings is 1. The van der Waals surface area contributed by atoms with Gasteiger partial charge in [0.15, 0.2) is 0 Å². The minimum Gasteiger partial charge on any atom is -0.458 e. The molecule has 1 saturated heterocycles. The van der Waals surface area contributed by atoms with Gasteiger partial charge in [-0.1, -0.05) is 6.07 Å². The molecule has 1 aliphatic heterocycles. The van der Waals surface area contributed by atoms with Crippen molar-refractivity contribution in [3.8, 4) is 0 Å². The van der Waals surface area contributed by atoms with E-state index >= 15 is 0 Å². The Hall–Kier alpha value is -2.98. The summed E-state index contributed by atoms with van der Waals surface area (Å²) in [5.74, 6) is -1.15. The molecule has 1 unspecified atom stereocenters. The molecule has 2 amide bonds. The molecule has 0 radical (unpaired) electrons. The highest BCUT2D eigenvalue weighted by Gasteiger charge is 2.31. The molecule has 1 aliphatic rings. The standard InChI is InChI=1S/C24H33N3O7/c1-24(2,3)34-21(29)15-33-13-12-32-11-5-6-16-7-8-17-19(14-16)26(4)23(31)27(17)18-9-10-20(28)25-22(18)30/h7-8,14,18H,5-6,9-13,15H2,1-4H3,(H,25,28,30). The van der Waals surface area contributed by atoms with Gasteiger partial charge in [-0.05, 0) is 57.7 Å². The summed E-state index contributed by atoms with van der Waals surface area (Å²) < 4.78 is 19.0. The van der Waals surface area contributed by atoms with Crippen LogP contribution in [0.1, 0.15) is 51.6 Å². The molecule has 1 N–H and O–H groups in total. The van der Waals surface area contributed by atoms with Crippen molar-refractivity contribution in [2.24, 2.45) is 7.05 Å². The Morgan fingerprint density at radius 3 is 2.53 bits per heavy atom. The number of hydrogen-bond acceptors (Lipinski definition) is 7. The van der Waals surface area contributed by atoms with E-state index in [0.717, 1.165) is 23.9 Å². The summed E-state index contributed by atoms with van der Waals surface area (Å²) in [5, 5.41) is 2.31. The number of imide groups is 1. The van der Waals surface area contributed by atoms with Crippen molar-refractivity contribution in [3.05, 3.63) is 34.2 Å². The number of hydrogen-bond donors (Lipinski definition) is 1. The van der Waals surface area contributed by atoms with Crippen molar-refractivity contribution in [2.45, 2.75) is 58.1 Å². The predicted molar refractivity (Wildman–Crippen MR) is 124 cm³/mol. The zero-order chi connectivity index (χ0) is 24.9. The quantitative estimate of drug-likeness (QED) is 0.315. The molecular weight excluding hydrogens is 442 g/mol. The van der Waals surface area contributed by atoms with E-state index in [1.807, 2.05) is 18.2 Å². The Kier molecular flexibility index (Phi) is 8.27. The second-order valence-electron chi connectivity index (χ2n) is 9.36. The number of amides is 2. The van der Waals surface area contributed by atoms with Gasteiger partial charge in [-0.15, -0.1) is 0 Å². The molecule has 0 aliphatic carbocycles. The summed E-state index contributed by atoms with van der Waals surface area (Å²) in [4.78, 5) is 48.1. The number of benzene rings is 1. The van der Waals surface area contributed by atoms with E-state index in [2.05, 4.69) is 5.32 Å². The highest BCUT2D eigenvalue weighted by Crippen LogP contribution is 2.24. The first-order chi connectivity index (χ1) is 16.1. The van der Waals surface area contributed by atoms with Crippen molar-refractivity contribution < 1.29 is 28.6 Å². The van der Waals surface area contributed by atoms with Crippen LogP contribution in [-0.2, 0) is 42.1 Å². The van der Waals surface area contributed by atoms with Crippen LogP contribution in [0.2, 0.25) is 0 Å². The maximum Gasteiger partial charge on any atom is 0.332 e. The number of aryl methyl sites for hydroxylation is 2. The minimum absolute atomic E-state index is 0.0994. The zero-order valence-corrected chi connectivity index (χ0v) is 20.2. The smallest absolute Gasteiger partial charge is 0.332 e. The lowest BCUT2D eigenvalue weighted by atomic mass is 10.1. The van der Waals surface area contributed by atoms with Gasteiger partial charge in [0, 0.05) is 20.1 Å². The van der Waals surface area contributed by atoms with Crippen LogP contribution in [0.15, 0.2) is 23.0 Å². The van der Waals surface area contributed by atoms with Crippen molar-refractivity contribution in [3.63, 3.8) is 0 Å². The Morgan fingerprint density at radius 2 is 1.82 bits per heavy atom. The average molecular weight is 476 g/mol. The van der Waals surface area contributed by atoms with Gasteiger partial charge in [-0.25, -0.2) is 9.59 Å². The molecule has 1 aromatic carbocycles. The number of esters is 1. The second-order valence-corrected chi connectivity index (χ2v) is 9.36. The van der Waals surface area contributed by atoms with Gasteiger partial charge in [0.1, 0.15) is 18.2 Å². The Balaban J connectivity index is 1.47. The van der Waals surface area contributed by atoms with E-state index in [0.29, 0.717) is 31.8 Å². The lowest BCUT2D eigenvalue weighted by Crippen LogP contribution is -2.44. The Labute approximate surface area is 198 Å². The number of carbonyl (C=O) groups is 3. The lowest BCUT2D eigenvalue weighted by Gasteiger charge is -2.21. The lowest BCUT2D eigenvalue weighted by molar-refractivity contribution is -0.160. The fourth-order valence-corrected chi connectivity index (χ4v) is 3.92. The van der Waals surface area contributed by atoms with Crippen LogP contribution >= 0.6 is 0 Å². The monoisotopic (exact) mass is 475 g/mol. The third-order valence-corrected chi connectivity index (χ3v) is 5.44. The summed E-state index contributed by atoms with van der Waals surface area (Å²) in [6.45, 7) is 6.53. The number of fused-ring (bicyclic) bond motifs is 1. The highest BCUT2D eigenvalue weighted by atomic mass is 16.6. The zero-order valence-electron chi connectivity index (χ0n) is 20.2. The first kappa shape index (κ1) is 25.6. The molecule has 1 aromatic heterocycles. The van der Waals surface area contributed by atoms with Crippen LogP contribution in [0, 0.1) is 0 Å². The van der Waals surface area contributed by atoms with E-state index in [-0.39, 0.29) is 24.6 Å². The molecule has 2 aromatic rings. The molecule has 3 rings (SSSR count). The number of nitrogens with zero attached hydrogens (tertiary/aromatic N) is 2. The first-order valence-electron chi connectivity index (χ1n) is 11.5. The molecule has 186 valence electrons. The summed E-state index contributed by atoms with van der Waals surface area (Å²) >= 11 is 0. The van der Waals surface area contributed by atoms with Crippen molar-refractivity contribution >= 4 is 28.8 Å². The van der Waals surface area contributed by atoms with Gasteiger partial charge in [-0.2, -0.15) is 0 Å². The van der Waals surface area contributed by atoms with Crippen LogP contribution in [0.5, 0.6) is 0 Å². The summed E-state index contributed by atoms with van der Waals surface area (Å²) in [5.41, 5.74) is 1.65. The number of carbonyl (C=O) groups excluding carboxylic acids is 3. The fraction of sp³-hybridized carbons (Fsp3) is 0.583. The Morgan fingerprint density at radius 1 is 1.09 bits per heavy atom. The second kappa shape index (κ2) is 11.0. The molecule has 2 heterocycles. The average Bonchev–Trinajstić information content (AvgIpc) is 2.99. The maximum absolute atomic E-state index is 12.8. The van der Waals surface area contributed by atoms with Gasteiger partial charge >= 0.3 is 11.7 Å². The van der Waals surface area contributed by atoms with Crippen LogP contribution in [-0.4, -0.2) is 58.9 Å². The summed E-state index contributed by atoms with van der Waals surface area (Å²) in [6, 6.07) is 5.05. The predicted octanol–water partition coefficient (Wildman–Crippen LogP) is 1.63. The van der Waals surface area contributed by atoms with Crippen molar-refractivity contribution in [2.75, 3.05) is 26.4 Å². The molecule has 10 nitrogen and oxygen atoms in total. The van der Waals surface area contributed by atoms with Gasteiger partial charge < -0.3 is 14.2 Å². The van der Waals surface area contributed by atoms with Gasteiger partial charge in [-0.3, -0.25) is 24.0 Å². The normalized spacial score (nSPS) is 16.6. The largest absolute Gasteiger partial charge is 0.458 e. The minimum atomic E-state index is -0.689. The Bertz CT molecular complexity index is 1110. The SMILES string of the molecule is Cn1c(=O)n(C2CCC(=O)NC2=O)c2ccc(CCCOCCOCC(=O)OC(C)(C)C)cc21. The molecular formula is C24H33N3O7. The number of rotatable bonds is 10. The van der Waals surface area contributed by atoms with Crippen LogP contribution < -0.4 is 11.0 Å². The first-order valence-corrected chi connectivity index (χ1v) is 11.5. The molecule has 34 heavy (non-hydrogen) atoms. The van der Waals surface area contributed by atoms with E-state index < -0.39 is 23.5 Å². The highest BCUT2D eigenvalue weighted by molar-refractivity contribution is 6.00. The van der Waals surface area contributed by atoms with Crippen molar-refractivity contribution in [1.29, 1.82) is 0 Å². The number of ether oxygens (including phenoxy) is 3. The fourth-order valence-electron chi connectivity index (χ4n) is 3.92. The molecule has 0 spiro atoms. The number of nitrogens with one attached hydrogen (secondary N) is 1. The van der Waals surface area contributed by atoms with Crippen LogP contribution in [0.3, 0.4) is 0 Å². The van der Waals surface area contributed by atoms with Gasteiger partial charge in [0.25, 0.3) is 0 Å². The number of piperidine rings is 1. The van der Waals surface area contributed by atoms with Gasteiger partial charge in [0.05, 0.1) is 24.2 Å². The molecule has 1 atom stereocenters. The molecule has 0 saturated carbocycles. The third-order valence-electron chi connectivity index (χ3n) is 5.44. The molecule has 1 fully saturated rings. The van der Waals surface area contributed by atoms with Crippen LogP contribution in [0.25, 0.3) is 11.0 Å². The van der Waals surface area contributed by atoms with E-state index in [1.165, 1.54) is 9.13 Å². The van der Waals surface area contributed by atoms with E-state index in [1.54, 1.807) is 27.8 Å². The molecule has 10 heteroatoms. The van der Waals surface area contributed by atoms with Crippen molar-refractivity contribution in [1.82, 2.24) is 14.5 Å². The van der Waals surface area contributed by atoms with Crippen LogP contribution in [0.4, 0.5) is 0 Å². The summed E-state index contributed by atoms with van der Waals surface area (Å²) in [7, 11) is 1.68. The summed E-state index contributed by atoms with van der Waals surface area (Å²) in [6.07, 6.45) is 2.06. The molecule has 0 bridgehead atoms. The van der Waals surface area contributed by atoms with E-state index in [4.69, 9.17) is 14.2 Å².